The summed E-state index contributed by atoms with van der Waals surface area (Å²) in [4.78, 5) is 62.5. The van der Waals surface area contributed by atoms with Crippen molar-refractivity contribution in [3.05, 3.63) is 64.7 Å². The fraction of sp³-hybridized carbons (Fsp3) is 0.190. The summed E-state index contributed by atoms with van der Waals surface area (Å²) in [6, 6.07) is 9.04. The zero-order valence-electron chi connectivity index (χ0n) is 16.4. The van der Waals surface area contributed by atoms with E-state index in [2.05, 4.69) is 14.8 Å². The van der Waals surface area contributed by atoms with Gasteiger partial charge in [-0.15, -0.1) is 0 Å². The van der Waals surface area contributed by atoms with Gasteiger partial charge in [-0.05, 0) is 37.3 Å². The van der Waals surface area contributed by atoms with Crippen molar-refractivity contribution < 1.29 is 33.4 Å². The van der Waals surface area contributed by atoms with Crippen molar-refractivity contribution in [3.63, 3.8) is 0 Å². The van der Waals surface area contributed by atoms with Gasteiger partial charge in [0.1, 0.15) is 6.04 Å². The third-order valence-electron chi connectivity index (χ3n) is 4.63. The van der Waals surface area contributed by atoms with Crippen LogP contribution in [0.2, 0.25) is 0 Å². The number of benzene rings is 2. The maximum atomic E-state index is 12.8. The molecule has 0 aromatic heterocycles. The summed E-state index contributed by atoms with van der Waals surface area (Å²) >= 11 is 0. The van der Waals surface area contributed by atoms with Crippen molar-refractivity contribution in [2.24, 2.45) is 0 Å². The number of carbonyl (C=O) groups excluding carboxylic acids is 5. The average molecular weight is 410 g/mol. The molecule has 0 aliphatic carbocycles. The van der Waals surface area contributed by atoms with E-state index in [1.807, 2.05) is 0 Å². The summed E-state index contributed by atoms with van der Waals surface area (Å²) in [5.74, 6) is -3.26. The molecule has 1 aliphatic rings. The van der Waals surface area contributed by atoms with Crippen LogP contribution in [0.5, 0.6) is 0 Å². The fourth-order valence-corrected chi connectivity index (χ4v) is 3.09. The number of hydrogen-bond donors (Lipinski definition) is 1. The lowest BCUT2D eigenvalue weighted by Crippen LogP contribution is -2.45. The largest absolute Gasteiger partial charge is 0.465 e. The van der Waals surface area contributed by atoms with E-state index >= 15 is 0 Å². The Morgan fingerprint density at radius 3 is 1.77 bits per heavy atom. The van der Waals surface area contributed by atoms with Crippen LogP contribution >= 0.6 is 0 Å². The zero-order chi connectivity index (χ0) is 22.0. The van der Waals surface area contributed by atoms with Crippen LogP contribution in [0.4, 0.5) is 5.69 Å². The van der Waals surface area contributed by atoms with Gasteiger partial charge in [0, 0.05) is 5.69 Å². The second-order valence-electron chi connectivity index (χ2n) is 6.47. The minimum absolute atomic E-state index is 0.0177. The van der Waals surface area contributed by atoms with E-state index in [0.29, 0.717) is 0 Å². The summed E-state index contributed by atoms with van der Waals surface area (Å²) in [6.07, 6.45) is 0. The molecular weight excluding hydrogens is 392 g/mol. The second kappa shape index (κ2) is 8.16. The molecule has 0 fully saturated rings. The fourth-order valence-electron chi connectivity index (χ4n) is 3.09. The average Bonchev–Trinajstić information content (AvgIpc) is 3.02. The molecule has 0 saturated heterocycles. The van der Waals surface area contributed by atoms with Gasteiger partial charge in [0.05, 0.1) is 36.5 Å². The molecular formula is C21H18N2O7. The number of amides is 3. The van der Waals surface area contributed by atoms with Gasteiger partial charge in [0.25, 0.3) is 11.8 Å². The molecule has 0 spiro atoms. The van der Waals surface area contributed by atoms with E-state index in [4.69, 9.17) is 0 Å². The smallest absolute Gasteiger partial charge is 0.337 e. The predicted molar refractivity (Wildman–Crippen MR) is 104 cm³/mol. The van der Waals surface area contributed by atoms with Gasteiger partial charge in [-0.3, -0.25) is 19.3 Å². The molecule has 154 valence electrons. The van der Waals surface area contributed by atoms with Crippen LogP contribution in [-0.4, -0.2) is 54.8 Å². The molecule has 3 rings (SSSR count). The number of imide groups is 1. The molecule has 1 heterocycles. The first-order valence-electron chi connectivity index (χ1n) is 8.88. The lowest BCUT2D eigenvalue weighted by atomic mass is 10.1. The van der Waals surface area contributed by atoms with Gasteiger partial charge in [-0.25, -0.2) is 9.59 Å². The number of carbonyl (C=O) groups is 5. The van der Waals surface area contributed by atoms with Crippen molar-refractivity contribution in [3.8, 4) is 0 Å². The first-order chi connectivity index (χ1) is 14.3. The molecule has 1 unspecified atom stereocenters. The van der Waals surface area contributed by atoms with Crippen LogP contribution in [0.15, 0.2) is 42.5 Å². The van der Waals surface area contributed by atoms with Crippen molar-refractivity contribution in [2.45, 2.75) is 13.0 Å². The SMILES string of the molecule is COC(=O)c1cc(NC(=O)C(C)N2C(=O)c3ccccc3C2=O)cc(C(=O)OC)c1. The molecule has 1 aliphatic heterocycles. The zero-order valence-corrected chi connectivity index (χ0v) is 16.4. The number of methoxy groups -OCH3 is 2. The molecule has 1 atom stereocenters. The number of hydrogen-bond acceptors (Lipinski definition) is 7. The minimum Gasteiger partial charge on any atom is -0.465 e. The van der Waals surface area contributed by atoms with Crippen LogP contribution in [-0.2, 0) is 14.3 Å². The minimum atomic E-state index is -1.14. The van der Waals surface area contributed by atoms with E-state index in [9.17, 15) is 24.0 Å². The third-order valence-corrected chi connectivity index (χ3v) is 4.63. The molecule has 3 amide bonds. The van der Waals surface area contributed by atoms with Crippen molar-refractivity contribution >= 4 is 35.3 Å². The third kappa shape index (κ3) is 3.64. The molecule has 30 heavy (non-hydrogen) atoms. The highest BCUT2D eigenvalue weighted by Crippen LogP contribution is 2.25. The highest BCUT2D eigenvalue weighted by Gasteiger charge is 2.40. The van der Waals surface area contributed by atoms with E-state index in [1.54, 1.807) is 12.1 Å². The van der Waals surface area contributed by atoms with E-state index < -0.39 is 35.7 Å². The van der Waals surface area contributed by atoms with Gasteiger partial charge in [-0.1, -0.05) is 12.1 Å². The highest BCUT2D eigenvalue weighted by molar-refractivity contribution is 6.23. The van der Waals surface area contributed by atoms with E-state index in [-0.39, 0.29) is 27.9 Å². The normalized spacial score (nSPS) is 13.5. The topological polar surface area (TPSA) is 119 Å². The van der Waals surface area contributed by atoms with Gasteiger partial charge in [0.2, 0.25) is 5.91 Å². The van der Waals surface area contributed by atoms with Crippen LogP contribution in [0.1, 0.15) is 48.4 Å². The Labute approximate surface area is 171 Å². The first-order valence-corrected chi connectivity index (χ1v) is 8.88. The Morgan fingerprint density at radius 1 is 0.867 bits per heavy atom. The highest BCUT2D eigenvalue weighted by atomic mass is 16.5. The number of fused-ring (bicyclic) bond motifs is 1. The van der Waals surface area contributed by atoms with Crippen LogP contribution in [0, 0.1) is 0 Å². The number of ether oxygens (including phenoxy) is 2. The van der Waals surface area contributed by atoms with Crippen molar-refractivity contribution in [1.29, 1.82) is 0 Å². The van der Waals surface area contributed by atoms with Gasteiger partial charge in [-0.2, -0.15) is 0 Å². The molecule has 0 bridgehead atoms. The van der Waals surface area contributed by atoms with Crippen LogP contribution in [0.25, 0.3) is 0 Å². The first kappa shape index (κ1) is 20.7. The summed E-state index contributed by atoms with van der Waals surface area (Å²) in [7, 11) is 2.35. The summed E-state index contributed by atoms with van der Waals surface area (Å²) in [6.45, 7) is 1.41. The number of nitrogens with zero attached hydrogens (tertiary/aromatic N) is 1. The number of rotatable bonds is 5. The Morgan fingerprint density at radius 2 is 1.33 bits per heavy atom. The van der Waals surface area contributed by atoms with E-state index in [1.165, 1.54) is 51.5 Å². The molecule has 0 saturated carbocycles. The predicted octanol–water partition coefficient (Wildman–Crippen LogP) is 1.88. The lowest BCUT2D eigenvalue weighted by Gasteiger charge is -2.22. The second-order valence-corrected chi connectivity index (χ2v) is 6.47. The molecule has 0 radical (unpaired) electrons. The molecule has 2 aromatic carbocycles. The van der Waals surface area contributed by atoms with Crippen molar-refractivity contribution in [1.82, 2.24) is 4.90 Å². The van der Waals surface area contributed by atoms with Gasteiger partial charge in [0.15, 0.2) is 0 Å². The maximum absolute atomic E-state index is 12.8. The van der Waals surface area contributed by atoms with Crippen molar-refractivity contribution in [2.75, 3.05) is 19.5 Å². The number of anilines is 1. The lowest BCUT2D eigenvalue weighted by molar-refractivity contribution is -0.119. The number of nitrogens with one attached hydrogen (secondary N) is 1. The number of esters is 2. The van der Waals surface area contributed by atoms with Crippen LogP contribution < -0.4 is 5.32 Å². The van der Waals surface area contributed by atoms with Gasteiger partial charge < -0.3 is 14.8 Å². The maximum Gasteiger partial charge on any atom is 0.337 e. The quantitative estimate of drug-likeness (QED) is 0.590. The van der Waals surface area contributed by atoms with Gasteiger partial charge >= 0.3 is 11.9 Å². The monoisotopic (exact) mass is 410 g/mol. The molecule has 2 aromatic rings. The van der Waals surface area contributed by atoms with Crippen LogP contribution in [0.3, 0.4) is 0 Å². The summed E-state index contributed by atoms with van der Waals surface area (Å²) < 4.78 is 9.31. The summed E-state index contributed by atoms with van der Waals surface area (Å²) in [5.41, 5.74) is 0.588. The Bertz CT molecular complexity index is 1010. The van der Waals surface area contributed by atoms with E-state index in [0.717, 1.165) is 4.90 Å². The summed E-state index contributed by atoms with van der Waals surface area (Å²) in [5, 5.41) is 2.52. The Balaban J connectivity index is 1.87. The Kier molecular flexibility index (Phi) is 5.63. The molecule has 9 heteroatoms. The Hall–Kier alpha value is -4.01. The molecule has 1 N–H and O–H groups in total. The standard InChI is InChI=1S/C21H18N2O7/c1-11(23-18(25)15-6-4-5-7-16(15)19(23)26)17(24)22-14-9-12(20(27)29-2)8-13(10-14)21(28)30-3/h4-11H,1-3H3,(H,22,24). The molecule has 9 nitrogen and oxygen atoms in total.